The van der Waals surface area contributed by atoms with Crippen LogP contribution in [-0.2, 0) is 22.3 Å². The number of thiocarbonyl (C=S) groups is 1. The largest absolute Gasteiger partial charge is 0.389 e. The molecule has 0 unspecified atom stereocenters. The minimum absolute atomic E-state index is 0.0531. The number of aromatic nitrogens is 3. The smallest absolute Gasteiger partial charge is 0.216 e. The third-order valence-electron chi connectivity index (χ3n) is 2.55. The second-order valence-electron chi connectivity index (χ2n) is 4.03. The van der Waals surface area contributed by atoms with Gasteiger partial charge in [-0.25, -0.2) is 18.1 Å². The Balaban J connectivity index is 2.10. The molecule has 2 aromatic rings. The van der Waals surface area contributed by atoms with Crippen molar-refractivity contribution < 1.29 is 8.42 Å². The van der Waals surface area contributed by atoms with Gasteiger partial charge in [0.05, 0.1) is 12.3 Å². The second kappa shape index (κ2) is 6.07. The lowest BCUT2D eigenvalue weighted by molar-refractivity contribution is 0.578. The van der Waals surface area contributed by atoms with Crippen LogP contribution >= 0.6 is 12.2 Å². The van der Waals surface area contributed by atoms with Crippen molar-refractivity contribution in [2.75, 3.05) is 0 Å². The number of rotatable bonds is 6. The summed E-state index contributed by atoms with van der Waals surface area (Å²) in [6.45, 7) is 0.0531. The number of nitrogens with one attached hydrogen (secondary N) is 2. The van der Waals surface area contributed by atoms with Crippen LogP contribution in [0.25, 0.3) is 0 Å². The molecule has 0 aliphatic rings. The molecule has 1 aromatic carbocycles. The molecule has 4 N–H and O–H groups in total. The molecule has 106 valence electrons. The molecular formula is C11H13N5O2S2. The molecule has 0 amide bonds. The van der Waals surface area contributed by atoms with Gasteiger partial charge in [-0.2, -0.15) is 5.10 Å². The van der Waals surface area contributed by atoms with E-state index in [2.05, 4.69) is 19.9 Å². The van der Waals surface area contributed by atoms with E-state index in [1.807, 2.05) is 0 Å². The normalized spacial score (nSPS) is 11.4. The van der Waals surface area contributed by atoms with E-state index in [1.54, 1.807) is 24.3 Å². The number of sulfonamides is 1. The standard InChI is InChI=1S/C11H13N5O2S2/c12-11(19)9-4-2-1-3-8(9)6-20(17,18)15-5-10-13-7-14-16-10/h1-4,7,15H,5-6H2,(H2,12,19)(H,13,14,16). The summed E-state index contributed by atoms with van der Waals surface area (Å²) in [6.07, 6.45) is 1.31. The van der Waals surface area contributed by atoms with Crippen molar-refractivity contribution in [2.45, 2.75) is 12.3 Å². The van der Waals surface area contributed by atoms with E-state index >= 15 is 0 Å². The zero-order valence-electron chi connectivity index (χ0n) is 10.4. The van der Waals surface area contributed by atoms with Gasteiger partial charge in [-0.1, -0.05) is 36.5 Å². The minimum atomic E-state index is -3.52. The van der Waals surface area contributed by atoms with E-state index in [0.29, 0.717) is 17.0 Å². The van der Waals surface area contributed by atoms with Crippen molar-refractivity contribution in [1.29, 1.82) is 0 Å². The Bertz CT molecular complexity index is 697. The SMILES string of the molecule is NC(=S)c1ccccc1CS(=O)(=O)NCc1ncn[nH]1. The highest BCUT2D eigenvalue weighted by Crippen LogP contribution is 2.12. The highest BCUT2D eigenvalue weighted by Gasteiger charge is 2.15. The van der Waals surface area contributed by atoms with Crippen LogP contribution in [0.15, 0.2) is 30.6 Å². The van der Waals surface area contributed by atoms with Gasteiger partial charge in [-0.3, -0.25) is 5.10 Å². The van der Waals surface area contributed by atoms with Gasteiger partial charge >= 0.3 is 0 Å². The van der Waals surface area contributed by atoms with Gasteiger partial charge in [-0.15, -0.1) is 0 Å². The lowest BCUT2D eigenvalue weighted by Crippen LogP contribution is -2.26. The molecule has 0 radical (unpaired) electrons. The fraction of sp³-hybridized carbons (Fsp3) is 0.182. The highest BCUT2D eigenvalue weighted by atomic mass is 32.2. The number of benzene rings is 1. The van der Waals surface area contributed by atoms with E-state index in [0.717, 1.165) is 0 Å². The van der Waals surface area contributed by atoms with Gasteiger partial charge in [0.2, 0.25) is 10.0 Å². The predicted octanol–water partition coefficient (Wildman–Crippen LogP) is 0.0585. The van der Waals surface area contributed by atoms with Gasteiger partial charge in [0.1, 0.15) is 17.1 Å². The molecular weight excluding hydrogens is 298 g/mol. The predicted molar refractivity (Wildman–Crippen MR) is 78.2 cm³/mol. The summed E-state index contributed by atoms with van der Waals surface area (Å²) in [6, 6.07) is 6.88. The second-order valence-corrected chi connectivity index (χ2v) is 6.28. The molecule has 0 spiro atoms. The summed E-state index contributed by atoms with van der Waals surface area (Å²) < 4.78 is 26.5. The minimum Gasteiger partial charge on any atom is -0.389 e. The van der Waals surface area contributed by atoms with Crippen molar-refractivity contribution in [3.8, 4) is 0 Å². The van der Waals surface area contributed by atoms with Crippen molar-refractivity contribution >= 4 is 27.2 Å². The van der Waals surface area contributed by atoms with Crippen LogP contribution in [-0.4, -0.2) is 28.6 Å². The van der Waals surface area contributed by atoms with Crippen LogP contribution in [0.5, 0.6) is 0 Å². The number of nitrogens with zero attached hydrogens (tertiary/aromatic N) is 2. The number of hydrogen-bond donors (Lipinski definition) is 3. The fourth-order valence-corrected chi connectivity index (χ4v) is 2.96. The van der Waals surface area contributed by atoms with Gasteiger partial charge in [0.25, 0.3) is 0 Å². The molecule has 0 aliphatic carbocycles. The van der Waals surface area contributed by atoms with Crippen LogP contribution in [0, 0.1) is 0 Å². The third kappa shape index (κ3) is 3.83. The molecule has 0 atom stereocenters. The number of aromatic amines is 1. The number of nitrogens with two attached hydrogens (primary N) is 1. The van der Waals surface area contributed by atoms with Crippen molar-refractivity contribution in [1.82, 2.24) is 19.9 Å². The summed E-state index contributed by atoms with van der Waals surface area (Å²) in [5.74, 6) is 0.241. The zero-order chi connectivity index (χ0) is 14.6. The lowest BCUT2D eigenvalue weighted by Gasteiger charge is -2.09. The van der Waals surface area contributed by atoms with Gasteiger partial charge in [0.15, 0.2) is 0 Å². The van der Waals surface area contributed by atoms with E-state index in [1.165, 1.54) is 6.33 Å². The zero-order valence-corrected chi connectivity index (χ0v) is 12.0. The van der Waals surface area contributed by atoms with Crippen molar-refractivity contribution in [3.63, 3.8) is 0 Å². The maximum Gasteiger partial charge on any atom is 0.216 e. The summed E-state index contributed by atoms with van der Waals surface area (Å²) in [4.78, 5) is 4.01. The third-order valence-corrected chi connectivity index (χ3v) is 4.05. The average Bonchev–Trinajstić information content (AvgIpc) is 2.89. The molecule has 7 nitrogen and oxygen atoms in total. The van der Waals surface area contributed by atoms with E-state index in [-0.39, 0.29) is 17.3 Å². The van der Waals surface area contributed by atoms with Gasteiger partial charge < -0.3 is 5.73 Å². The topological polar surface area (TPSA) is 114 Å². The Morgan fingerprint density at radius 3 is 2.80 bits per heavy atom. The summed E-state index contributed by atoms with van der Waals surface area (Å²) >= 11 is 4.91. The maximum atomic E-state index is 12.0. The molecule has 1 aromatic heterocycles. The van der Waals surface area contributed by atoms with Crippen LogP contribution in [0.4, 0.5) is 0 Å². The number of H-pyrrole nitrogens is 1. The van der Waals surface area contributed by atoms with Crippen molar-refractivity contribution in [2.24, 2.45) is 5.73 Å². The molecule has 0 aliphatic heterocycles. The van der Waals surface area contributed by atoms with Crippen LogP contribution in [0.3, 0.4) is 0 Å². The first-order valence-corrected chi connectivity index (χ1v) is 7.73. The number of hydrogen-bond acceptors (Lipinski definition) is 5. The first-order chi connectivity index (χ1) is 9.48. The van der Waals surface area contributed by atoms with Gasteiger partial charge in [0, 0.05) is 5.56 Å². The van der Waals surface area contributed by atoms with E-state index < -0.39 is 10.0 Å². The maximum absolute atomic E-state index is 12.0. The Morgan fingerprint density at radius 2 is 2.15 bits per heavy atom. The first kappa shape index (κ1) is 14.6. The first-order valence-electron chi connectivity index (χ1n) is 5.67. The Morgan fingerprint density at radius 1 is 1.40 bits per heavy atom. The monoisotopic (exact) mass is 311 g/mol. The summed E-state index contributed by atoms with van der Waals surface area (Å²) in [7, 11) is -3.52. The molecule has 20 heavy (non-hydrogen) atoms. The molecule has 0 fully saturated rings. The molecule has 0 saturated carbocycles. The molecule has 9 heteroatoms. The lowest BCUT2D eigenvalue weighted by atomic mass is 10.1. The fourth-order valence-electron chi connectivity index (χ4n) is 1.64. The van der Waals surface area contributed by atoms with Crippen LogP contribution < -0.4 is 10.5 Å². The van der Waals surface area contributed by atoms with Crippen LogP contribution in [0.1, 0.15) is 17.0 Å². The van der Waals surface area contributed by atoms with E-state index in [4.69, 9.17) is 18.0 Å². The van der Waals surface area contributed by atoms with Gasteiger partial charge in [-0.05, 0) is 5.56 Å². The van der Waals surface area contributed by atoms with Crippen LogP contribution in [0.2, 0.25) is 0 Å². The Labute approximate surface area is 121 Å². The molecule has 0 bridgehead atoms. The molecule has 0 saturated heterocycles. The van der Waals surface area contributed by atoms with E-state index in [9.17, 15) is 8.42 Å². The Kier molecular flexibility index (Phi) is 4.42. The quantitative estimate of drug-likeness (QED) is 0.650. The summed E-state index contributed by atoms with van der Waals surface area (Å²) in [5.41, 5.74) is 6.70. The Hall–Kier alpha value is -1.84. The van der Waals surface area contributed by atoms with Crippen molar-refractivity contribution in [3.05, 3.63) is 47.5 Å². The molecule has 1 heterocycles. The summed E-state index contributed by atoms with van der Waals surface area (Å²) in [5, 5.41) is 6.21. The highest BCUT2D eigenvalue weighted by molar-refractivity contribution is 7.88. The molecule has 2 rings (SSSR count). The average molecular weight is 311 g/mol.